The Balaban J connectivity index is 2.19. The SMILES string of the molecule is COc1nc(N(C)C)sc1C=C(CNC1CC1)C(C)C. The van der Waals surface area contributed by atoms with E-state index in [4.69, 9.17) is 4.74 Å². The van der Waals surface area contributed by atoms with E-state index in [1.54, 1.807) is 18.4 Å². The zero-order valence-electron chi connectivity index (χ0n) is 13.1. The lowest BCUT2D eigenvalue weighted by Gasteiger charge is -2.12. The fourth-order valence-corrected chi connectivity index (χ4v) is 2.81. The summed E-state index contributed by atoms with van der Waals surface area (Å²) >= 11 is 1.67. The second-order valence-electron chi connectivity index (χ2n) is 5.79. The first-order valence-electron chi connectivity index (χ1n) is 7.17. The number of nitrogens with zero attached hydrogens (tertiary/aromatic N) is 2. The van der Waals surface area contributed by atoms with Crippen molar-refractivity contribution < 1.29 is 4.74 Å². The maximum absolute atomic E-state index is 5.40. The highest BCUT2D eigenvalue weighted by atomic mass is 32.1. The van der Waals surface area contributed by atoms with E-state index in [0.717, 1.165) is 28.5 Å². The van der Waals surface area contributed by atoms with Crippen molar-refractivity contribution in [3.05, 3.63) is 10.5 Å². The first kappa shape index (κ1) is 15.3. The van der Waals surface area contributed by atoms with Gasteiger partial charge in [-0.1, -0.05) is 30.8 Å². The van der Waals surface area contributed by atoms with E-state index in [1.807, 2.05) is 19.0 Å². The van der Waals surface area contributed by atoms with Gasteiger partial charge in [-0.3, -0.25) is 0 Å². The number of ether oxygens (including phenoxy) is 1. The summed E-state index contributed by atoms with van der Waals surface area (Å²) < 4.78 is 5.40. The Kier molecular flexibility index (Phi) is 5.05. The predicted molar refractivity (Wildman–Crippen MR) is 86.8 cm³/mol. The van der Waals surface area contributed by atoms with E-state index in [2.05, 4.69) is 30.2 Å². The minimum Gasteiger partial charge on any atom is -0.480 e. The summed E-state index contributed by atoms with van der Waals surface area (Å²) in [6.45, 7) is 5.43. The van der Waals surface area contributed by atoms with Crippen molar-refractivity contribution in [2.45, 2.75) is 32.7 Å². The molecule has 1 heterocycles. The molecule has 1 saturated carbocycles. The Morgan fingerprint density at radius 1 is 1.50 bits per heavy atom. The monoisotopic (exact) mass is 295 g/mol. The van der Waals surface area contributed by atoms with Crippen molar-refractivity contribution >= 4 is 22.5 Å². The molecule has 0 saturated heterocycles. The fourth-order valence-electron chi connectivity index (χ4n) is 1.88. The third kappa shape index (κ3) is 3.96. The molecule has 2 rings (SSSR count). The van der Waals surface area contributed by atoms with Crippen LogP contribution in [0.1, 0.15) is 31.6 Å². The molecule has 0 bridgehead atoms. The molecule has 0 unspecified atom stereocenters. The van der Waals surface area contributed by atoms with E-state index in [1.165, 1.54) is 18.4 Å². The molecular formula is C15H25N3OS. The molecule has 1 aromatic heterocycles. The number of rotatable bonds is 7. The van der Waals surface area contributed by atoms with Gasteiger partial charge in [0, 0.05) is 26.7 Å². The van der Waals surface area contributed by atoms with Crippen molar-refractivity contribution in [2.24, 2.45) is 5.92 Å². The van der Waals surface area contributed by atoms with Gasteiger partial charge >= 0.3 is 0 Å². The Labute approximate surface area is 125 Å². The molecular weight excluding hydrogens is 270 g/mol. The van der Waals surface area contributed by atoms with Gasteiger partial charge in [0.25, 0.3) is 0 Å². The number of methoxy groups -OCH3 is 1. The Morgan fingerprint density at radius 2 is 2.20 bits per heavy atom. The van der Waals surface area contributed by atoms with Crippen LogP contribution in [0, 0.1) is 5.92 Å². The van der Waals surface area contributed by atoms with E-state index < -0.39 is 0 Å². The van der Waals surface area contributed by atoms with Crippen molar-refractivity contribution in [1.29, 1.82) is 0 Å². The molecule has 0 aliphatic heterocycles. The molecule has 0 atom stereocenters. The summed E-state index contributed by atoms with van der Waals surface area (Å²) in [4.78, 5) is 7.63. The van der Waals surface area contributed by atoms with E-state index in [9.17, 15) is 0 Å². The average Bonchev–Trinajstić information content (AvgIpc) is 3.12. The second-order valence-corrected chi connectivity index (χ2v) is 6.80. The quantitative estimate of drug-likeness (QED) is 0.839. The normalized spacial score (nSPS) is 15.8. The van der Waals surface area contributed by atoms with E-state index >= 15 is 0 Å². The molecule has 4 nitrogen and oxygen atoms in total. The molecule has 0 amide bonds. The molecule has 20 heavy (non-hydrogen) atoms. The van der Waals surface area contributed by atoms with Crippen molar-refractivity contribution in [3.63, 3.8) is 0 Å². The molecule has 1 aromatic rings. The lowest BCUT2D eigenvalue weighted by Crippen LogP contribution is -2.21. The summed E-state index contributed by atoms with van der Waals surface area (Å²) in [6, 6.07) is 0.734. The molecule has 1 aliphatic rings. The van der Waals surface area contributed by atoms with Gasteiger partial charge in [0.1, 0.15) is 0 Å². The Hall–Kier alpha value is -1.07. The summed E-state index contributed by atoms with van der Waals surface area (Å²) in [6.07, 6.45) is 4.88. The van der Waals surface area contributed by atoms with Crippen LogP contribution in [-0.4, -0.2) is 38.8 Å². The first-order valence-corrected chi connectivity index (χ1v) is 7.99. The third-order valence-electron chi connectivity index (χ3n) is 3.42. The maximum atomic E-state index is 5.40. The topological polar surface area (TPSA) is 37.4 Å². The second kappa shape index (κ2) is 6.59. The molecule has 1 N–H and O–H groups in total. The van der Waals surface area contributed by atoms with Gasteiger partial charge < -0.3 is 15.0 Å². The molecule has 0 spiro atoms. The van der Waals surface area contributed by atoms with Crippen molar-refractivity contribution in [1.82, 2.24) is 10.3 Å². The van der Waals surface area contributed by atoms with Crippen LogP contribution in [0.5, 0.6) is 5.88 Å². The van der Waals surface area contributed by atoms with Gasteiger partial charge in [0.2, 0.25) is 5.88 Å². The fraction of sp³-hybridized carbons (Fsp3) is 0.667. The van der Waals surface area contributed by atoms with Gasteiger partial charge in [-0.2, -0.15) is 4.98 Å². The van der Waals surface area contributed by atoms with Crippen LogP contribution in [0.2, 0.25) is 0 Å². The van der Waals surface area contributed by atoms with Crippen LogP contribution >= 0.6 is 11.3 Å². The zero-order valence-corrected chi connectivity index (χ0v) is 13.9. The van der Waals surface area contributed by atoms with Crippen LogP contribution < -0.4 is 15.0 Å². The number of hydrogen-bond donors (Lipinski definition) is 1. The Bertz CT molecular complexity index is 475. The zero-order chi connectivity index (χ0) is 14.7. The van der Waals surface area contributed by atoms with Crippen molar-refractivity contribution in [2.75, 3.05) is 32.6 Å². The lowest BCUT2D eigenvalue weighted by atomic mass is 10.0. The minimum absolute atomic E-state index is 0.524. The van der Waals surface area contributed by atoms with Gasteiger partial charge in [0.15, 0.2) is 5.13 Å². The summed E-state index contributed by atoms with van der Waals surface area (Å²) in [5, 5.41) is 4.57. The van der Waals surface area contributed by atoms with Crippen LogP contribution in [0.4, 0.5) is 5.13 Å². The molecule has 1 aliphatic carbocycles. The van der Waals surface area contributed by atoms with Crippen LogP contribution in [0.25, 0.3) is 6.08 Å². The number of nitrogens with one attached hydrogen (secondary N) is 1. The number of anilines is 1. The molecule has 1 fully saturated rings. The van der Waals surface area contributed by atoms with Crippen molar-refractivity contribution in [3.8, 4) is 5.88 Å². The summed E-state index contributed by atoms with van der Waals surface area (Å²) in [5.74, 6) is 1.25. The van der Waals surface area contributed by atoms with Gasteiger partial charge in [0.05, 0.1) is 12.0 Å². The number of thiazole rings is 1. The highest BCUT2D eigenvalue weighted by molar-refractivity contribution is 7.16. The number of aromatic nitrogens is 1. The van der Waals surface area contributed by atoms with Crippen LogP contribution in [0.15, 0.2) is 5.57 Å². The molecule has 0 radical (unpaired) electrons. The summed E-state index contributed by atoms with van der Waals surface area (Å²) in [5.41, 5.74) is 1.41. The number of hydrogen-bond acceptors (Lipinski definition) is 5. The van der Waals surface area contributed by atoms with Gasteiger partial charge in [-0.15, -0.1) is 0 Å². The maximum Gasteiger partial charge on any atom is 0.233 e. The minimum atomic E-state index is 0.524. The largest absolute Gasteiger partial charge is 0.480 e. The third-order valence-corrected chi connectivity index (χ3v) is 4.57. The predicted octanol–water partition coefficient (Wildman–Crippen LogP) is 3.01. The lowest BCUT2D eigenvalue weighted by molar-refractivity contribution is 0.400. The summed E-state index contributed by atoms with van der Waals surface area (Å²) in [7, 11) is 5.69. The average molecular weight is 295 g/mol. The Morgan fingerprint density at radius 3 is 2.70 bits per heavy atom. The highest BCUT2D eigenvalue weighted by Gasteiger charge is 2.21. The smallest absolute Gasteiger partial charge is 0.233 e. The first-order chi connectivity index (χ1) is 9.51. The molecule has 0 aromatic carbocycles. The molecule has 112 valence electrons. The van der Waals surface area contributed by atoms with Crippen LogP contribution in [-0.2, 0) is 0 Å². The van der Waals surface area contributed by atoms with Crippen LogP contribution in [0.3, 0.4) is 0 Å². The highest BCUT2D eigenvalue weighted by Crippen LogP contribution is 2.33. The van der Waals surface area contributed by atoms with E-state index in [0.29, 0.717) is 5.92 Å². The van der Waals surface area contributed by atoms with E-state index in [-0.39, 0.29) is 0 Å². The molecule has 5 heteroatoms. The standard InChI is InChI=1S/C15H25N3OS/c1-10(2)11(9-16-12-6-7-12)8-13-14(19-5)17-15(20-13)18(3)4/h8,10,12,16H,6-7,9H2,1-5H3. The van der Waals surface area contributed by atoms with Gasteiger partial charge in [-0.25, -0.2) is 0 Å². The van der Waals surface area contributed by atoms with Gasteiger partial charge in [-0.05, 0) is 24.8 Å².